The van der Waals surface area contributed by atoms with E-state index >= 15 is 0 Å². The van der Waals surface area contributed by atoms with Crippen molar-refractivity contribution in [2.75, 3.05) is 6.54 Å². The zero-order valence-electron chi connectivity index (χ0n) is 6.89. The highest BCUT2D eigenvalue weighted by molar-refractivity contribution is 5.92. The van der Waals surface area contributed by atoms with Crippen molar-refractivity contribution in [2.24, 2.45) is 0 Å². The summed E-state index contributed by atoms with van der Waals surface area (Å²) in [6.07, 6.45) is -4.86. The Hall–Kier alpha value is -1.07. The number of likely N-dealkylation sites (tertiary alicyclic amines) is 1. The number of alkyl halides is 3. The van der Waals surface area contributed by atoms with E-state index in [1.807, 2.05) is 0 Å². The number of rotatable bonds is 0. The fourth-order valence-electron chi connectivity index (χ4n) is 1.28. The van der Waals surface area contributed by atoms with E-state index < -0.39 is 24.7 Å². The summed E-state index contributed by atoms with van der Waals surface area (Å²) in [5, 5.41) is 0. The summed E-state index contributed by atoms with van der Waals surface area (Å²) in [5.41, 5.74) is 0. The average molecular weight is 195 g/mol. The van der Waals surface area contributed by atoms with Crippen LogP contribution < -0.4 is 0 Å². The predicted molar refractivity (Wildman–Crippen MR) is 36.9 cm³/mol. The van der Waals surface area contributed by atoms with Crippen LogP contribution in [0.1, 0.15) is 13.3 Å². The van der Waals surface area contributed by atoms with Gasteiger partial charge in [0.1, 0.15) is 0 Å². The van der Waals surface area contributed by atoms with Gasteiger partial charge in [-0.15, -0.1) is 0 Å². The van der Waals surface area contributed by atoms with Crippen LogP contribution in [0.25, 0.3) is 0 Å². The fraction of sp³-hybridized carbons (Fsp3) is 0.714. The molecule has 0 spiro atoms. The van der Waals surface area contributed by atoms with Crippen molar-refractivity contribution in [3.05, 3.63) is 0 Å². The lowest BCUT2D eigenvalue weighted by Crippen LogP contribution is -2.43. The molecular formula is C7H8F3NO2. The maximum atomic E-state index is 11.9. The summed E-state index contributed by atoms with van der Waals surface area (Å²) < 4.78 is 35.7. The van der Waals surface area contributed by atoms with E-state index in [0.717, 1.165) is 0 Å². The largest absolute Gasteiger partial charge is 0.471 e. The molecule has 3 nitrogen and oxygen atoms in total. The zero-order chi connectivity index (χ0) is 10.2. The molecule has 1 saturated heterocycles. The van der Waals surface area contributed by atoms with Gasteiger partial charge in [0, 0.05) is 12.5 Å². The van der Waals surface area contributed by atoms with Crippen molar-refractivity contribution >= 4 is 11.7 Å². The second kappa shape index (κ2) is 3.01. The summed E-state index contributed by atoms with van der Waals surface area (Å²) in [7, 11) is 0. The Balaban J connectivity index is 2.74. The lowest BCUT2D eigenvalue weighted by Gasteiger charge is -2.21. The maximum Gasteiger partial charge on any atom is 0.471 e. The molecule has 6 heteroatoms. The molecule has 1 amide bonds. The van der Waals surface area contributed by atoms with Crippen molar-refractivity contribution in [1.29, 1.82) is 0 Å². The van der Waals surface area contributed by atoms with Crippen molar-refractivity contribution in [2.45, 2.75) is 25.6 Å². The molecule has 1 fully saturated rings. The molecule has 1 aliphatic heterocycles. The first-order chi connectivity index (χ1) is 5.82. The highest BCUT2D eigenvalue weighted by atomic mass is 19.4. The van der Waals surface area contributed by atoms with E-state index in [2.05, 4.69) is 0 Å². The maximum absolute atomic E-state index is 11.9. The van der Waals surface area contributed by atoms with E-state index in [9.17, 15) is 22.8 Å². The number of carbonyl (C=O) groups excluding carboxylic acids is 2. The molecule has 74 valence electrons. The standard InChI is InChI=1S/C7H8F3NO2/c1-4-2-5(12)3-11(4)6(13)7(8,9)10/h4H,2-3H2,1H3. The van der Waals surface area contributed by atoms with Gasteiger partial charge in [0.25, 0.3) is 0 Å². The number of Topliss-reactive ketones (excluding diaryl/α,β-unsaturated/α-hetero) is 1. The number of hydrogen-bond acceptors (Lipinski definition) is 2. The molecule has 0 bridgehead atoms. The SMILES string of the molecule is CC1CC(=O)CN1C(=O)C(F)(F)F. The van der Waals surface area contributed by atoms with Gasteiger partial charge in [-0.25, -0.2) is 0 Å². The van der Waals surface area contributed by atoms with Crippen LogP contribution in [0.5, 0.6) is 0 Å². The Morgan fingerprint density at radius 2 is 2.08 bits per heavy atom. The monoisotopic (exact) mass is 195 g/mol. The number of hydrogen-bond donors (Lipinski definition) is 0. The zero-order valence-corrected chi connectivity index (χ0v) is 6.89. The van der Waals surface area contributed by atoms with Gasteiger partial charge in [0.2, 0.25) is 0 Å². The molecule has 0 aromatic carbocycles. The topological polar surface area (TPSA) is 37.4 Å². The Labute approximate surface area is 72.5 Å². The molecule has 0 aliphatic carbocycles. The Morgan fingerprint density at radius 3 is 2.38 bits per heavy atom. The van der Waals surface area contributed by atoms with Crippen LogP contribution >= 0.6 is 0 Å². The minimum atomic E-state index is -4.88. The average Bonchev–Trinajstić information content (AvgIpc) is 2.26. The van der Waals surface area contributed by atoms with E-state index in [1.165, 1.54) is 6.92 Å². The molecule has 0 saturated carbocycles. The highest BCUT2D eigenvalue weighted by Gasteiger charge is 2.46. The summed E-state index contributed by atoms with van der Waals surface area (Å²) >= 11 is 0. The predicted octanol–water partition coefficient (Wildman–Crippen LogP) is 0.739. The summed E-state index contributed by atoms with van der Waals surface area (Å²) in [4.78, 5) is 22.0. The van der Waals surface area contributed by atoms with Gasteiger partial charge in [0.05, 0.1) is 6.54 Å². The summed E-state index contributed by atoms with van der Waals surface area (Å²) in [6.45, 7) is 1.01. The van der Waals surface area contributed by atoms with E-state index in [4.69, 9.17) is 0 Å². The van der Waals surface area contributed by atoms with Crippen LogP contribution in [-0.2, 0) is 9.59 Å². The molecule has 0 N–H and O–H groups in total. The first-order valence-electron chi connectivity index (χ1n) is 3.72. The lowest BCUT2D eigenvalue weighted by atomic mass is 10.2. The molecule has 0 aromatic heterocycles. The molecule has 1 aliphatic rings. The second-order valence-corrected chi connectivity index (χ2v) is 3.02. The lowest BCUT2D eigenvalue weighted by molar-refractivity contribution is -0.186. The third kappa shape index (κ3) is 1.99. The van der Waals surface area contributed by atoms with Crippen LogP contribution in [0.15, 0.2) is 0 Å². The summed E-state index contributed by atoms with van der Waals surface area (Å²) in [5.74, 6) is -2.25. The van der Waals surface area contributed by atoms with E-state index in [1.54, 1.807) is 0 Å². The smallest absolute Gasteiger partial charge is 0.324 e. The van der Waals surface area contributed by atoms with Gasteiger partial charge in [-0.3, -0.25) is 9.59 Å². The van der Waals surface area contributed by atoms with Gasteiger partial charge in [-0.05, 0) is 6.92 Å². The molecule has 0 radical (unpaired) electrons. The Morgan fingerprint density at radius 1 is 1.54 bits per heavy atom. The van der Waals surface area contributed by atoms with Gasteiger partial charge in [0.15, 0.2) is 5.78 Å². The number of halogens is 3. The third-order valence-corrected chi connectivity index (χ3v) is 1.91. The molecule has 1 atom stereocenters. The van der Waals surface area contributed by atoms with Crippen LogP contribution in [0.3, 0.4) is 0 Å². The fourth-order valence-corrected chi connectivity index (χ4v) is 1.28. The molecule has 1 unspecified atom stereocenters. The van der Waals surface area contributed by atoms with Gasteiger partial charge < -0.3 is 4.90 Å². The molecule has 1 rings (SSSR count). The highest BCUT2D eigenvalue weighted by Crippen LogP contribution is 2.23. The summed E-state index contributed by atoms with van der Waals surface area (Å²) in [6, 6.07) is -0.637. The number of nitrogens with zero attached hydrogens (tertiary/aromatic N) is 1. The quantitative estimate of drug-likeness (QED) is 0.571. The van der Waals surface area contributed by atoms with Gasteiger partial charge in [-0.2, -0.15) is 13.2 Å². The van der Waals surface area contributed by atoms with E-state index in [0.29, 0.717) is 4.90 Å². The van der Waals surface area contributed by atoms with Gasteiger partial charge in [-0.1, -0.05) is 0 Å². The minimum Gasteiger partial charge on any atom is -0.324 e. The van der Waals surface area contributed by atoms with Crippen LogP contribution in [0.4, 0.5) is 13.2 Å². The number of ketones is 1. The molecule has 13 heavy (non-hydrogen) atoms. The van der Waals surface area contributed by atoms with E-state index in [-0.39, 0.29) is 12.2 Å². The minimum absolute atomic E-state index is 0.0157. The van der Waals surface area contributed by atoms with Crippen molar-refractivity contribution in [3.8, 4) is 0 Å². The van der Waals surface area contributed by atoms with Gasteiger partial charge >= 0.3 is 12.1 Å². The first kappa shape index (κ1) is 10.0. The van der Waals surface area contributed by atoms with Crippen LogP contribution in [0, 0.1) is 0 Å². The molecule has 1 heterocycles. The Kier molecular flexibility index (Phi) is 2.32. The number of carbonyl (C=O) groups is 2. The van der Waals surface area contributed by atoms with Crippen LogP contribution in [0.2, 0.25) is 0 Å². The number of amides is 1. The Bertz CT molecular complexity index is 249. The first-order valence-corrected chi connectivity index (χ1v) is 3.72. The van der Waals surface area contributed by atoms with Crippen LogP contribution in [-0.4, -0.2) is 35.4 Å². The third-order valence-electron chi connectivity index (χ3n) is 1.91. The van der Waals surface area contributed by atoms with Crippen molar-refractivity contribution < 1.29 is 22.8 Å². The van der Waals surface area contributed by atoms with Crippen molar-refractivity contribution in [1.82, 2.24) is 4.90 Å². The molecular weight excluding hydrogens is 187 g/mol. The second-order valence-electron chi connectivity index (χ2n) is 3.02. The normalized spacial score (nSPS) is 23.8. The molecule has 0 aromatic rings. The van der Waals surface area contributed by atoms with Crippen molar-refractivity contribution in [3.63, 3.8) is 0 Å².